The van der Waals surface area contributed by atoms with E-state index in [1.807, 2.05) is 0 Å². The van der Waals surface area contributed by atoms with E-state index in [1.165, 1.54) is 17.0 Å². The molecule has 2 aromatic carbocycles. The molecule has 4 atom stereocenters. The Morgan fingerprint density at radius 3 is 1.96 bits per heavy atom. The van der Waals surface area contributed by atoms with E-state index < -0.39 is 7.92 Å². The molecular formula is C23H27O2P. The number of carbonyl (C=O) groups excluding carboxylic acids is 1. The summed E-state index contributed by atoms with van der Waals surface area (Å²) in [6.45, 7) is 4.68. The standard InChI is InChI=1S/C23H27O2P/c1-23(2)16-14-19(23)21(22(24)25-3)20(15-16)26(17-10-6-4-7-11-17)18-12-8-5-9-13-18/h4-13,16,19-21H,14-15H2,1-3H3/t16?,19-,20-,21-/m0/s1. The minimum Gasteiger partial charge on any atom is -0.469 e. The van der Waals surface area contributed by atoms with Crippen molar-refractivity contribution in [1.82, 2.24) is 0 Å². The average molecular weight is 366 g/mol. The predicted octanol–water partition coefficient (Wildman–Crippen LogP) is 4.34. The smallest absolute Gasteiger partial charge is 0.309 e. The molecular weight excluding hydrogens is 339 g/mol. The van der Waals surface area contributed by atoms with E-state index >= 15 is 0 Å². The molecule has 3 saturated carbocycles. The van der Waals surface area contributed by atoms with Gasteiger partial charge in [-0.2, -0.15) is 0 Å². The van der Waals surface area contributed by atoms with Gasteiger partial charge in [-0.1, -0.05) is 74.5 Å². The van der Waals surface area contributed by atoms with Gasteiger partial charge in [0.1, 0.15) is 0 Å². The van der Waals surface area contributed by atoms with Gasteiger partial charge in [0, 0.05) is 5.66 Å². The fraction of sp³-hybridized carbons (Fsp3) is 0.435. The predicted molar refractivity (Wildman–Crippen MR) is 108 cm³/mol. The van der Waals surface area contributed by atoms with Crippen molar-refractivity contribution in [3.8, 4) is 0 Å². The van der Waals surface area contributed by atoms with Crippen molar-refractivity contribution in [2.45, 2.75) is 32.3 Å². The molecule has 3 fully saturated rings. The fourth-order valence-electron chi connectivity index (χ4n) is 5.20. The Morgan fingerprint density at radius 1 is 0.962 bits per heavy atom. The second-order valence-electron chi connectivity index (χ2n) is 8.25. The van der Waals surface area contributed by atoms with Gasteiger partial charge in [0.15, 0.2) is 0 Å². The summed E-state index contributed by atoms with van der Waals surface area (Å²) in [4.78, 5) is 12.9. The SMILES string of the molecule is COC(=O)[C@@H]1[C@@H](P(c2ccccc2)c2ccccc2)CC2C[C@@H]1C2(C)C. The number of hydrogen-bond acceptors (Lipinski definition) is 2. The summed E-state index contributed by atoms with van der Waals surface area (Å²) >= 11 is 0. The van der Waals surface area contributed by atoms with Gasteiger partial charge >= 0.3 is 5.97 Å². The van der Waals surface area contributed by atoms with Crippen LogP contribution < -0.4 is 10.6 Å². The van der Waals surface area contributed by atoms with Gasteiger partial charge in [0.05, 0.1) is 13.0 Å². The highest BCUT2D eigenvalue weighted by atomic mass is 31.1. The number of carbonyl (C=O) groups is 1. The van der Waals surface area contributed by atoms with E-state index in [0.717, 1.165) is 12.3 Å². The molecule has 0 heterocycles. The minimum atomic E-state index is -0.585. The molecule has 3 heteroatoms. The van der Waals surface area contributed by atoms with E-state index in [9.17, 15) is 4.79 Å². The summed E-state index contributed by atoms with van der Waals surface area (Å²) in [7, 11) is 0.961. The van der Waals surface area contributed by atoms with Gasteiger partial charge in [0.25, 0.3) is 0 Å². The Balaban J connectivity index is 1.79. The second kappa shape index (κ2) is 6.82. The van der Waals surface area contributed by atoms with Crippen molar-refractivity contribution in [2.24, 2.45) is 23.2 Å². The summed E-state index contributed by atoms with van der Waals surface area (Å²) in [5.41, 5.74) is 0.614. The first-order chi connectivity index (χ1) is 12.5. The highest BCUT2D eigenvalue weighted by Gasteiger charge is 2.61. The van der Waals surface area contributed by atoms with Crippen molar-refractivity contribution in [2.75, 3.05) is 7.11 Å². The number of esters is 1. The van der Waals surface area contributed by atoms with Crippen molar-refractivity contribution in [3.63, 3.8) is 0 Å². The number of fused-ring (bicyclic) bond motifs is 2. The molecule has 0 radical (unpaired) electrons. The molecule has 0 amide bonds. The lowest BCUT2D eigenvalue weighted by molar-refractivity contribution is -0.166. The van der Waals surface area contributed by atoms with E-state index in [4.69, 9.17) is 4.74 Å². The first kappa shape index (κ1) is 17.7. The van der Waals surface area contributed by atoms with Crippen molar-refractivity contribution >= 4 is 24.5 Å². The first-order valence-corrected chi connectivity index (χ1v) is 10.9. The summed E-state index contributed by atoms with van der Waals surface area (Å²) in [6, 6.07) is 21.6. The summed E-state index contributed by atoms with van der Waals surface area (Å²) in [5.74, 6) is 1.16. The number of hydrogen-bond donors (Lipinski definition) is 0. The van der Waals surface area contributed by atoms with Gasteiger partial charge in [0.2, 0.25) is 0 Å². The Labute approximate surface area is 157 Å². The molecule has 3 aliphatic rings. The molecule has 2 nitrogen and oxygen atoms in total. The number of rotatable bonds is 4. The molecule has 26 heavy (non-hydrogen) atoms. The normalized spacial score (nSPS) is 29.1. The zero-order chi connectivity index (χ0) is 18.3. The van der Waals surface area contributed by atoms with Crippen LogP contribution in [0.2, 0.25) is 0 Å². The first-order valence-electron chi connectivity index (χ1n) is 9.51. The second-order valence-corrected chi connectivity index (χ2v) is 10.7. The van der Waals surface area contributed by atoms with Crippen LogP contribution in [0.1, 0.15) is 26.7 Å². The maximum Gasteiger partial charge on any atom is 0.309 e. The van der Waals surface area contributed by atoms with Crippen LogP contribution in [0.15, 0.2) is 60.7 Å². The quantitative estimate of drug-likeness (QED) is 0.594. The lowest BCUT2D eigenvalue weighted by Gasteiger charge is -2.62. The molecule has 3 aliphatic carbocycles. The minimum absolute atomic E-state index is 0.00604. The van der Waals surface area contributed by atoms with Crippen LogP contribution in [0.3, 0.4) is 0 Å². The molecule has 1 unspecified atom stereocenters. The highest BCUT2D eigenvalue weighted by molar-refractivity contribution is 7.73. The van der Waals surface area contributed by atoms with Gasteiger partial charge in [-0.25, -0.2) is 0 Å². The summed E-state index contributed by atoms with van der Waals surface area (Å²) < 4.78 is 5.30. The van der Waals surface area contributed by atoms with Gasteiger partial charge in [-0.3, -0.25) is 4.79 Å². The van der Waals surface area contributed by atoms with Crippen LogP contribution >= 0.6 is 7.92 Å². The number of methoxy groups -OCH3 is 1. The monoisotopic (exact) mass is 366 g/mol. The van der Waals surface area contributed by atoms with Crippen LogP contribution in [0.5, 0.6) is 0 Å². The third kappa shape index (κ3) is 2.79. The molecule has 0 saturated heterocycles. The lowest BCUT2D eigenvalue weighted by Crippen LogP contribution is -2.60. The molecule has 5 rings (SSSR count). The van der Waals surface area contributed by atoms with E-state index in [2.05, 4.69) is 74.5 Å². The molecule has 0 aromatic heterocycles. The van der Waals surface area contributed by atoms with Gasteiger partial charge in [-0.15, -0.1) is 0 Å². The van der Waals surface area contributed by atoms with Gasteiger partial charge in [-0.05, 0) is 48.6 Å². The Bertz CT molecular complexity index is 732. The van der Waals surface area contributed by atoms with Crippen LogP contribution in [0.4, 0.5) is 0 Å². The topological polar surface area (TPSA) is 26.3 Å². The molecule has 136 valence electrons. The van der Waals surface area contributed by atoms with E-state index in [1.54, 1.807) is 7.11 Å². The maximum atomic E-state index is 12.9. The summed E-state index contributed by atoms with van der Waals surface area (Å²) in [5, 5.41) is 2.73. The lowest BCUT2D eigenvalue weighted by atomic mass is 9.45. The van der Waals surface area contributed by atoms with E-state index in [0.29, 0.717) is 11.6 Å². The zero-order valence-electron chi connectivity index (χ0n) is 15.8. The Hall–Kier alpha value is -1.66. The van der Waals surface area contributed by atoms with Crippen molar-refractivity contribution in [3.05, 3.63) is 60.7 Å². The largest absolute Gasteiger partial charge is 0.469 e. The van der Waals surface area contributed by atoms with Crippen LogP contribution in [0.25, 0.3) is 0 Å². The molecule has 0 spiro atoms. The highest BCUT2D eigenvalue weighted by Crippen LogP contribution is 2.66. The Morgan fingerprint density at radius 2 is 1.50 bits per heavy atom. The zero-order valence-corrected chi connectivity index (χ0v) is 16.7. The summed E-state index contributed by atoms with van der Waals surface area (Å²) in [6.07, 6.45) is 2.30. The molecule has 2 aromatic rings. The third-order valence-corrected chi connectivity index (χ3v) is 9.70. The number of benzene rings is 2. The Kier molecular flexibility index (Phi) is 4.65. The molecule has 0 N–H and O–H groups in total. The van der Waals surface area contributed by atoms with Crippen molar-refractivity contribution in [1.29, 1.82) is 0 Å². The maximum absolute atomic E-state index is 12.9. The molecule has 2 bridgehead atoms. The fourth-order valence-corrected chi connectivity index (χ4v) is 8.37. The third-order valence-electron chi connectivity index (χ3n) is 6.79. The molecule has 0 aliphatic heterocycles. The van der Waals surface area contributed by atoms with E-state index in [-0.39, 0.29) is 17.3 Å². The number of ether oxygens (including phenoxy) is 1. The van der Waals surface area contributed by atoms with Crippen LogP contribution in [0, 0.1) is 23.2 Å². The van der Waals surface area contributed by atoms with Gasteiger partial charge < -0.3 is 4.74 Å². The van der Waals surface area contributed by atoms with Crippen molar-refractivity contribution < 1.29 is 9.53 Å². The average Bonchev–Trinajstić information content (AvgIpc) is 2.69. The van der Waals surface area contributed by atoms with Crippen LogP contribution in [-0.4, -0.2) is 18.7 Å². The van der Waals surface area contributed by atoms with Crippen LogP contribution in [-0.2, 0) is 9.53 Å².